The Bertz CT molecular complexity index is 875. The maximum atomic E-state index is 6.42. The lowest BCUT2D eigenvalue weighted by molar-refractivity contribution is 0.246. The number of benzene rings is 2. The van der Waals surface area contributed by atoms with Crippen LogP contribution in [-0.4, -0.2) is 9.97 Å². The van der Waals surface area contributed by atoms with Gasteiger partial charge >= 0.3 is 0 Å². The van der Waals surface area contributed by atoms with Gasteiger partial charge in [-0.1, -0.05) is 62.2 Å². The lowest BCUT2D eigenvalue weighted by atomic mass is 9.87. The molecule has 0 bridgehead atoms. The Kier molecular flexibility index (Phi) is 5.49. The zero-order valence-corrected chi connectivity index (χ0v) is 16.4. The van der Waals surface area contributed by atoms with Gasteiger partial charge in [0.25, 0.3) is 0 Å². The molecular weight excluding hydrogens is 367 g/mol. The van der Waals surface area contributed by atoms with E-state index in [1.165, 1.54) is 11.9 Å². The van der Waals surface area contributed by atoms with Crippen LogP contribution in [0.3, 0.4) is 0 Å². The summed E-state index contributed by atoms with van der Waals surface area (Å²) in [5.74, 6) is 0.748. The molecule has 2 aromatic carbocycles. The lowest BCUT2D eigenvalue weighted by Gasteiger charge is -2.22. The van der Waals surface area contributed by atoms with Crippen LogP contribution in [0.1, 0.15) is 43.6 Å². The highest BCUT2D eigenvalue weighted by Crippen LogP contribution is 2.34. The molecule has 1 heterocycles. The van der Waals surface area contributed by atoms with Crippen LogP contribution < -0.4 is 4.74 Å². The van der Waals surface area contributed by atoms with Gasteiger partial charge in [-0.05, 0) is 35.2 Å². The molecule has 1 aromatic heterocycles. The highest BCUT2D eigenvalue weighted by molar-refractivity contribution is 6.35. The second-order valence-electron chi connectivity index (χ2n) is 7.11. The van der Waals surface area contributed by atoms with Crippen LogP contribution in [-0.2, 0) is 5.41 Å². The molecule has 134 valence electrons. The molecule has 0 saturated heterocycles. The molecule has 3 rings (SSSR count). The van der Waals surface area contributed by atoms with Crippen LogP contribution >= 0.6 is 23.2 Å². The first-order chi connectivity index (χ1) is 12.3. The van der Waals surface area contributed by atoms with Gasteiger partial charge in [-0.25, -0.2) is 9.97 Å². The van der Waals surface area contributed by atoms with Crippen molar-refractivity contribution in [1.29, 1.82) is 0 Å². The zero-order valence-electron chi connectivity index (χ0n) is 14.9. The Balaban J connectivity index is 1.97. The van der Waals surface area contributed by atoms with E-state index in [1.54, 1.807) is 24.5 Å². The molecule has 0 fully saturated rings. The lowest BCUT2D eigenvalue weighted by Crippen LogP contribution is -2.12. The second kappa shape index (κ2) is 7.65. The quantitative estimate of drug-likeness (QED) is 0.531. The average molecular weight is 387 g/mol. The van der Waals surface area contributed by atoms with Crippen molar-refractivity contribution in [2.45, 2.75) is 32.3 Å². The fourth-order valence-electron chi connectivity index (χ4n) is 2.64. The monoisotopic (exact) mass is 386 g/mol. The van der Waals surface area contributed by atoms with E-state index in [4.69, 9.17) is 27.9 Å². The predicted octanol–water partition coefficient (Wildman–Crippen LogP) is 6.25. The molecule has 26 heavy (non-hydrogen) atoms. The van der Waals surface area contributed by atoms with Gasteiger partial charge in [0.1, 0.15) is 12.1 Å². The predicted molar refractivity (Wildman–Crippen MR) is 106 cm³/mol. The molecule has 1 unspecified atom stereocenters. The van der Waals surface area contributed by atoms with Crippen molar-refractivity contribution < 1.29 is 4.74 Å². The van der Waals surface area contributed by atoms with Crippen LogP contribution in [0.25, 0.3) is 0 Å². The van der Waals surface area contributed by atoms with Gasteiger partial charge in [-0.3, -0.25) is 0 Å². The van der Waals surface area contributed by atoms with E-state index in [0.29, 0.717) is 10.0 Å². The van der Waals surface area contributed by atoms with Crippen LogP contribution in [0.15, 0.2) is 61.2 Å². The molecule has 0 aliphatic carbocycles. The molecule has 0 aliphatic rings. The second-order valence-corrected chi connectivity index (χ2v) is 7.95. The molecule has 0 N–H and O–H groups in total. The minimum atomic E-state index is -0.429. The van der Waals surface area contributed by atoms with E-state index in [1.807, 2.05) is 18.2 Å². The number of halogens is 2. The molecule has 0 aliphatic heterocycles. The van der Waals surface area contributed by atoms with E-state index >= 15 is 0 Å². The molecule has 3 nitrogen and oxygen atoms in total. The standard InChI is InChI=1S/C21H20Cl2N2O/c1-21(2,3)15-4-7-17(8-5-15)26-20(14-11-24-13-25-12-14)18-9-6-16(22)10-19(18)23/h4-13,20H,1-3H3. The normalized spacial score (nSPS) is 12.7. The van der Waals surface area contributed by atoms with Gasteiger partial charge in [-0.2, -0.15) is 0 Å². The number of aromatic nitrogens is 2. The third-order valence-corrected chi connectivity index (χ3v) is 4.66. The van der Waals surface area contributed by atoms with Crippen LogP contribution in [0.5, 0.6) is 5.75 Å². The van der Waals surface area contributed by atoms with Gasteiger partial charge in [0.15, 0.2) is 6.10 Å². The van der Waals surface area contributed by atoms with Crippen molar-refractivity contribution in [3.63, 3.8) is 0 Å². The Morgan fingerprint density at radius 3 is 2.15 bits per heavy atom. The summed E-state index contributed by atoms with van der Waals surface area (Å²) in [5.41, 5.74) is 2.96. The Morgan fingerprint density at radius 2 is 1.58 bits per heavy atom. The summed E-state index contributed by atoms with van der Waals surface area (Å²) in [5, 5.41) is 1.12. The van der Waals surface area contributed by atoms with Gasteiger partial charge in [-0.15, -0.1) is 0 Å². The fourth-order valence-corrected chi connectivity index (χ4v) is 3.15. The first kappa shape index (κ1) is 18.7. The molecule has 0 amide bonds. The molecule has 1 atom stereocenters. The van der Waals surface area contributed by atoms with E-state index in [9.17, 15) is 0 Å². The third-order valence-electron chi connectivity index (χ3n) is 4.10. The summed E-state index contributed by atoms with van der Waals surface area (Å²) in [6.07, 6.45) is 4.52. The van der Waals surface area contributed by atoms with Crippen molar-refractivity contribution in [3.05, 3.63) is 87.9 Å². The van der Waals surface area contributed by atoms with Crippen molar-refractivity contribution in [3.8, 4) is 5.75 Å². The molecule has 0 spiro atoms. The number of ether oxygens (including phenoxy) is 1. The van der Waals surface area contributed by atoms with Crippen molar-refractivity contribution >= 4 is 23.2 Å². The minimum absolute atomic E-state index is 0.0880. The summed E-state index contributed by atoms with van der Waals surface area (Å²) in [4.78, 5) is 8.21. The summed E-state index contributed by atoms with van der Waals surface area (Å²) < 4.78 is 6.27. The minimum Gasteiger partial charge on any atom is -0.481 e. The first-order valence-electron chi connectivity index (χ1n) is 8.31. The molecular formula is C21H20Cl2N2O. The SMILES string of the molecule is CC(C)(C)c1ccc(OC(c2cncnc2)c2ccc(Cl)cc2Cl)cc1. The van der Waals surface area contributed by atoms with E-state index in [0.717, 1.165) is 16.9 Å². The maximum Gasteiger partial charge on any atom is 0.153 e. The Morgan fingerprint density at radius 1 is 0.923 bits per heavy atom. The topological polar surface area (TPSA) is 35.0 Å². The maximum absolute atomic E-state index is 6.42. The number of hydrogen-bond acceptors (Lipinski definition) is 3. The van der Waals surface area contributed by atoms with Gasteiger partial charge in [0.05, 0.1) is 0 Å². The van der Waals surface area contributed by atoms with Crippen LogP contribution in [0.2, 0.25) is 10.0 Å². The molecule has 0 radical (unpaired) electrons. The highest BCUT2D eigenvalue weighted by atomic mass is 35.5. The first-order valence-corrected chi connectivity index (χ1v) is 9.07. The van der Waals surface area contributed by atoms with Crippen molar-refractivity contribution in [2.24, 2.45) is 0 Å². The number of hydrogen-bond donors (Lipinski definition) is 0. The highest BCUT2D eigenvalue weighted by Gasteiger charge is 2.21. The van der Waals surface area contributed by atoms with E-state index in [-0.39, 0.29) is 5.41 Å². The summed E-state index contributed by atoms with van der Waals surface area (Å²) in [7, 11) is 0. The van der Waals surface area contributed by atoms with Crippen LogP contribution in [0, 0.1) is 0 Å². The van der Waals surface area contributed by atoms with Crippen molar-refractivity contribution in [2.75, 3.05) is 0 Å². The largest absolute Gasteiger partial charge is 0.481 e. The average Bonchev–Trinajstić information content (AvgIpc) is 2.61. The zero-order chi connectivity index (χ0) is 18.7. The van der Waals surface area contributed by atoms with Gasteiger partial charge < -0.3 is 4.74 Å². The van der Waals surface area contributed by atoms with Crippen LogP contribution in [0.4, 0.5) is 0 Å². The number of nitrogens with zero attached hydrogens (tertiary/aromatic N) is 2. The fraction of sp³-hybridized carbons (Fsp3) is 0.238. The molecule has 3 aromatic rings. The summed E-state index contributed by atoms with van der Waals surface area (Å²) in [6.45, 7) is 6.54. The van der Waals surface area contributed by atoms with Gasteiger partial charge in [0, 0.05) is 33.6 Å². The Hall–Kier alpha value is -2.10. The van der Waals surface area contributed by atoms with Crippen molar-refractivity contribution in [1.82, 2.24) is 9.97 Å². The van der Waals surface area contributed by atoms with E-state index in [2.05, 4.69) is 42.9 Å². The molecule has 5 heteroatoms. The number of rotatable bonds is 4. The summed E-state index contributed by atoms with van der Waals surface area (Å²) in [6, 6.07) is 13.5. The molecule has 0 saturated carbocycles. The smallest absolute Gasteiger partial charge is 0.153 e. The van der Waals surface area contributed by atoms with E-state index < -0.39 is 6.10 Å². The van der Waals surface area contributed by atoms with Gasteiger partial charge in [0.2, 0.25) is 0 Å². The summed E-state index contributed by atoms with van der Waals surface area (Å²) >= 11 is 12.5. The Labute approximate surface area is 164 Å². The third kappa shape index (κ3) is 4.35.